The van der Waals surface area contributed by atoms with Crippen molar-refractivity contribution in [3.05, 3.63) is 0 Å². The summed E-state index contributed by atoms with van der Waals surface area (Å²) in [7, 11) is 0. The zero-order chi connectivity index (χ0) is 5.11. The van der Waals surface area contributed by atoms with Gasteiger partial charge in [-0.15, -0.1) is 0 Å². The van der Waals surface area contributed by atoms with Crippen LogP contribution in [-0.4, -0.2) is 24.4 Å². The third-order valence-electron chi connectivity index (χ3n) is 1.23. The molecule has 0 saturated carbocycles. The number of rotatable bonds is 1. The monoisotopic (exact) mass is 110 g/mol. The number of aliphatic hydroxyl groups excluding tert-OH is 1. The molecule has 0 amide bonds. The summed E-state index contributed by atoms with van der Waals surface area (Å²) in [6, 6.07) is 0. The molecule has 1 N–H and O–H groups in total. The Morgan fingerprint density at radius 2 is 2.50 bits per heavy atom. The van der Waals surface area contributed by atoms with E-state index >= 15 is 0 Å². The first-order valence-electron chi connectivity index (χ1n) is 2.66. The maximum Gasteiger partial charge on any atom is 1.00 e. The molecule has 0 aromatic heterocycles. The first-order valence-corrected chi connectivity index (χ1v) is 2.66. The van der Waals surface area contributed by atoms with Gasteiger partial charge in [0.05, 0.1) is 12.7 Å². The molecule has 3 heteroatoms. The molecule has 1 aliphatic heterocycles. The van der Waals surface area contributed by atoms with Gasteiger partial charge in [-0.25, -0.2) is 0 Å². The van der Waals surface area contributed by atoms with Crippen LogP contribution in [0.25, 0.3) is 0 Å². The first-order chi connectivity index (χ1) is 3.43. The minimum absolute atomic E-state index is 0. The van der Waals surface area contributed by atoms with Crippen molar-refractivity contribution >= 4 is 0 Å². The van der Waals surface area contributed by atoms with Gasteiger partial charge in [-0.2, -0.15) is 0 Å². The van der Waals surface area contributed by atoms with Gasteiger partial charge in [-0.05, 0) is 12.8 Å². The Hall–Kier alpha value is 0.517. The molecular formula is C5H11LiO2. The number of ether oxygens (including phenoxy) is 1. The third kappa shape index (κ3) is 2.19. The van der Waals surface area contributed by atoms with Crippen LogP contribution in [0.2, 0.25) is 0 Å². The molecule has 1 saturated heterocycles. The largest absolute Gasteiger partial charge is 1.00 e. The van der Waals surface area contributed by atoms with Crippen LogP contribution in [0.5, 0.6) is 0 Å². The second-order valence-electron chi connectivity index (χ2n) is 1.82. The predicted molar refractivity (Wildman–Crippen MR) is 27.2 cm³/mol. The van der Waals surface area contributed by atoms with E-state index in [1.165, 1.54) is 0 Å². The zero-order valence-corrected chi connectivity index (χ0v) is 5.26. The SMILES string of the molecule is OCC1CCCO1.[H-].[Li+]. The van der Waals surface area contributed by atoms with E-state index in [0.29, 0.717) is 0 Å². The van der Waals surface area contributed by atoms with Gasteiger partial charge in [0.2, 0.25) is 0 Å². The topological polar surface area (TPSA) is 29.5 Å². The summed E-state index contributed by atoms with van der Waals surface area (Å²) >= 11 is 0. The van der Waals surface area contributed by atoms with Crippen LogP contribution < -0.4 is 18.9 Å². The fourth-order valence-electron chi connectivity index (χ4n) is 0.788. The van der Waals surface area contributed by atoms with E-state index in [1.807, 2.05) is 0 Å². The molecule has 1 aliphatic rings. The van der Waals surface area contributed by atoms with Crippen LogP contribution in [0.15, 0.2) is 0 Å². The van der Waals surface area contributed by atoms with Gasteiger partial charge < -0.3 is 11.3 Å². The van der Waals surface area contributed by atoms with Crippen molar-refractivity contribution in [2.75, 3.05) is 13.2 Å². The summed E-state index contributed by atoms with van der Waals surface area (Å²) in [5.41, 5.74) is 0. The minimum Gasteiger partial charge on any atom is -1.00 e. The second kappa shape index (κ2) is 4.40. The van der Waals surface area contributed by atoms with Gasteiger partial charge in [0, 0.05) is 6.61 Å². The molecule has 0 aromatic rings. The first kappa shape index (κ1) is 8.52. The smallest absolute Gasteiger partial charge is 1.00 e. The summed E-state index contributed by atoms with van der Waals surface area (Å²) in [6.07, 6.45) is 2.31. The Bertz CT molecular complexity index is 56.9. The number of aliphatic hydroxyl groups is 1. The van der Waals surface area contributed by atoms with Crippen molar-refractivity contribution in [3.8, 4) is 0 Å². The molecule has 1 fully saturated rings. The number of hydrogen-bond donors (Lipinski definition) is 1. The van der Waals surface area contributed by atoms with Crippen molar-refractivity contribution in [1.82, 2.24) is 0 Å². The molecule has 0 spiro atoms. The second-order valence-corrected chi connectivity index (χ2v) is 1.82. The van der Waals surface area contributed by atoms with E-state index < -0.39 is 0 Å². The molecule has 8 heavy (non-hydrogen) atoms. The van der Waals surface area contributed by atoms with Crippen molar-refractivity contribution in [3.63, 3.8) is 0 Å². The molecular weight excluding hydrogens is 99.0 g/mol. The third-order valence-corrected chi connectivity index (χ3v) is 1.23. The predicted octanol–water partition coefficient (Wildman–Crippen LogP) is -2.73. The molecule has 0 bridgehead atoms. The van der Waals surface area contributed by atoms with Crippen LogP contribution in [-0.2, 0) is 4.74 Å². The molecule has 0 aromatic carbocycles. The van der Waals surface area contributed by atoms with Crippen molar-refractivity contribution in [1.29, 1.82) is 0 Å². The standard InChI is InChI=1S/C5H10O2.Li.H/c6-4-5-2-1-3-7-5;;/h5-6H,1-4H2;;/q;+1;-1. The maximum atomic E-state index is 8.44. The van der Waals surface area contributed by atoms with Gasteiger partial charge >= 0.3 is 18.9 Å². The molecule has 1 heterocycles. The van der Waals surface area contributed by atoms with Crippen LogP contribution in [0.1, 0.15) is 14.3 Å². The van der Waals surface area contributed by atoms with Crippen LogP contribution >= 0.6 is 0 Å². The van der Waals surface area contributed by atoms with E-state index in [-0.39, 0.29) is 33.0 Å². The van der Waals surface area contributed by atoms with Gasteiger partial charge in [-0.3, -0.25) is 0 Å². The minimum atomic E-state index is 0. The van der Waals surface area contributed by atoms with Crippen LogP contribution in [0, 0.1) is 0 Å². The van der Waals surface area contributed by atoms with Gasteiger partial charge in [-0.1, -0.05) is 0 Å². The van der Waals surface area contributed by atoms with Gasteiger partial charge in [0.1, 0.15) is 0 Å². The van der Waals surface area contributed by atoms with Gasteiger partial charge in [0.15, 0.2) is 0 Å². The van der Waals surface area contributed by atoms with Crippen molar-refractivity contribution in [2.45, 2.75) is 18.9 Å². The van der Waals surface area contributed by atoms with Crippen LogP contribution in [0.4, 0.5) is 0 Å². The van der Waals surface area contributed by atoms with Gasteiger partial charge in [0.25, 0.3) is 0 Å². The summed E-state index contributed by atoms with van der Waals surface area (Å²) in [5.74, 6) is 0. The van der Waals surface area contributed by atoms with E-state index in [0.717, 1.165) is 19.4 Å². The van der Waals surface area contributed by atoms with E-state index in [4.69, 9.17) is 9.84 Å². The Morgan fingerprint density at radius 1 is 1.75 bits per heavy atom. The zero-order valence-electron chi connectivity index (χ0n) is 6.26. The fraction of sp³-hybridized carbons (Fsp3) is 1.00. The molecule has 1 unspecified atom stereocenters. The van der Waals surface area contributed by atoms with E-state index in [9.17, 15) is 0 Å². The molecule has 0 aliphatic carbocycles. The average Bonchev–Trinajstić information content (AvgIpc) is 2.14. The Balaban J connectivity index is 0. The molecule has 1 rings (SSSR count). The van der Waals surface area contributed by atoms with E-state index in [1.54, 1.807) is 0 Å². The Labute approximate surface area is 62.9 Å². The molecule has 44 valence electrons. The Morgan fingerprint density at radius 3 is 2.75 bits per heavy atom. The maximum absolute atomic E-state index is 8.44. The summed E-state index contributed by atoms with van der Waals surface area (Å²) in [4.78, 5) is 0. The molecule has 2 nitrogen and oxygen atoms in total. The summed E-state index contributed by atoms with van der Waals surface area (Å²) < 4.78 is 5.05. The number of hydrogen-bond acceptors (Lipinski definition) is 2. The molecule has 1 atom stereocenters. The summed E-state index contributed by atoms with van der Waals surface area (Å²) in [6.45, 7) is 1.03. The quantitative estimate of drug-likeness (QED) is 0.371. The Kier molecular flexibility index (Phi) is 4.69. The molecule has 0 radical (unpaired) electrons. The normalized spacial score (nSPS) is 27.4. The van der Waals surface area contributed by atoms with Crippen molar-refractivity contribution in [2.24, 2.45) is 0 Å². The average molecular weight is 110 g/mol. The summed E-state index contributed by atoms with van der Waals surface area (Å²) in [5, 5.41) is 8.44. The van der Waals surface area contributed by atoms with Crippen LogP contribution in [0.3, 0.4) is 0 Å². The fourth-order valence-corrected chi connectivity index (χ4v) is 0.788. The van der Waals surface area contributed by atoms with E-state index in [2.05, 4.69) is 0 Å². The van der Waals surface area contributed by atoms with Crippen molar-refractivity contribution < 1.29 is 30.1 Å².